The van der Waals surface area contributed by atoms with Gasteiger partial charge in [-0.3, -0.25) is 0 Å². The van der Waals surface area contributed by atoms with E-state index >= 15 is 0 Å². The highest BCUT2D eigenvalue weighted by molar-refractivity contribution is 7.91. The number of halogens is 1. The molecule has 1 aromatic heterocycles. The summed E-state index contributed by atoms with van der Waals surface area (Å²) in [7, 11) is -2.97. The lowest BCUT2D eigenvalue weighted by atomic mass is 10.5. The molecule has 92 valence electrons. The van der Waals surface area contributed by atoms with Crippen molar-refractivity contribution in [3.05, 3.63) is 5.89 Å². The van der Waals surface area contributed by atoms with Crippen LogP contribution in [0.4, 0.5) is 6.01 Å². The van der Waals surface area contributed by atoms with Crippen molar-refractivity contribution in [2.75, 3.05) is 29.2 Å². The van der Waals surface area contributed by atoms with Gasteiger partial charge in [0.05, 0.1) is 5.75 Å². The zero-order chi connectivity index (χ0) is 12.0. The molecule has 8 heteroatoms. The van der Waals surface area contributed by atoms with Crippen molar-refractivity contribution in [2.45, 2.75) is 13.3 Å². The summed E-state index contributed by atoms with van der Waals surface area (Å²) < 4.78 is 27.5. The lowest BCUT2D eigenvalue weighted by molar-refractivity contribution is 0.513. The van der Waals surface area contributed by atoms with Gasteiger partial charge in [-0.15, -0.1) is 16.7 Å². The Kier molecular flexibility index (Phi) is 5.01. The fourth-order valence-electron chi connectivity index (χ4n) is 0.965. The molecule has 0 fully saturated rings. The minimum atomic E-state index is -2.97. The number of nitrogens with one attached hydrogen (secondary N) is 1. The zero-order valence-electron chi connectivity index (χ0n) is 8.94. The molecule has 1 aromatic rings. The number of alkyl halides is 1. The number of anilines is 1. The highest BCUT2D eigenvalue weighted by Crippen LogP contribution is 2.06. The molecule has 0 saturated heterocycles. The van der Waals surface area contributed by atoms with E-state index < -0.39 is 9.84 Å². The fraction of sp³-hybridized carbons (Fsp3) is 0.750. The molecule has 1 heterocycles. The molecular weight excluding hydrogens is 254 g/mol. The second-order valence-corrected chi connectivity index (χ2v) is 5.95. The third-order valence-corrected chi connectivity index (χ3v) is 3.80. The summed E-state index contributed by atoms with van der Waals surface area (Å²) in [6.07, 6.45) is 0.503. The third kappa shape index (κ3) is 4.36. The number of rotatable bonds is 7. The largest absolute Gasteiger partial charge is 0.408 e. The Hall–Kier alpha value is -0.820. The predicted octanol–water partition coefficient (Wildman–Crippen LogP) is 0.698. The van der Waals surface area contributed by atoms with Crippen molar-refractivity contribution < 1.29 is 12.8 Å². The van der Waals surface area contributed by atoms with Gasteiger partial charge in [-0.05, 0) is 0 Å². The van der Waals surface area contributed by atoms with E-state index in [9.17, 15) is 8.42 Å². The summed E-state index contributed by atoms with van der Waals surface area (Å²) in [4.78, 5) is 0. The maximum Gasteiger partial charge on any atom is 0.315 e. The van der Waals surface area contributed by atoms with Crippen LogP contribution in [0.3, 0.4) is 0 Å². The molecule has 1 N–H and O–H groups in total. The van der Waals surface area contributed by atoms with Crippen molar-refractivity contribution in [3.63, 3.8) is 0 Å². The zero-order valence-corrected chi connectivity index (χ0v) is 10.5. The number of hydrogen-bond donors (Lipinski definition) is 1. The highest BCUT2D eigenvalue weighted by atomic mass is 35.5. The summed E-state index contributed by atoms with van der Waals surface area (Å²) in [6.45, 7) is 1.87. The molecule has 0 aliphatic carbocycles. The Bertz CT molecular complexity index is 418. The molecule has 16 heavy (non-hydrogen) atoms. The first-order chi connectivity index (χ1) is 7.57. The molecule has 0 spiro atoms. The molecule has 0 aliphatic heterocycles. The quantitative estimate of drug-likeness (QED) is 0.732. The van der Waals surface area contributed by atoms with Gasteiger partial charge in [0.15, 0.2) is 9.84 Å². The number of aryl methyl sites for hydroxylation is 1. The van der Waals surface area contributed by atoms with Crippen LogP contribution in [-0.4, -0.2) is 42.5 Å². The van der Waals surface area contributed by atoms with E-state index in [1.54, 1.807) is 6.92 Å². The van der Waals surface area contributed by atoms with E-state index in [4.69, 9.17) is 16.0 Å². The van der Waals surface area contributed by atoms with Gasteiger partial charge < -0.3 is 9.73 Å². The summed E-state index contributed by atoms with van der Waals surface area (Å²) >= 11 is 5.50. The van der Waals surface area contributed by atoms with Crippen molar-refractivity contribution in [1.29, 1.82) is 0 Å². The van der Waals surface area contributed by atoms with Crippen molar-refractivity contribution in [1.82, 2.24) is 10.2 Å². The first-order valence-corrected chi connectivity index (χ1v) is 7.25. The molecule has 6 nitrogen and oxygen atoms in total. The monoisotopic (exact) mass is 267 g/mol. The van der Waals surface area contributed by atoms with Crippen LogP contribution in [0.15, 0.2) is 4.42 Å². The van der Waals surface area contributed by atoms with Gasteiger partial charge in [0.2, 0.25) is 5.89 Å². The standard InChI is InChI=1S/C8H14ClN3O3S/c1-2-16(13,14)6-5-10-8-12-11-7(15-8)3-4-9/h2-6H2,1H3,(H,10,12). The van der Waals surface area contributed by atoms with Gasteiger partial charge in [0.1, 0.15) is 0 Å². The van der Waals surface area contributed by atoms with Crippen molar-refractivity contribution >= 4 is 27.5 Å². The van der Waals surface area contributed by atoms with Crippen molar-refractivity contribution in [2.24, 2.45) is 0 Å². The van der Waals surface area contributed by atoms with Gasteiger partial charge in [-0.25, -0.2) is 8.42 Å². The van der Waals surface area contributed by atoms with Crippen LogP contribution in [0.5, 0.6) is 0 Å². The summed E-state index contributed by atoms with van der Waals surface area (Å²) in [6, 6.07) is 0.228. The topological polar surface area (TPSA) is 85.1 Å². The van der Waals surface area contributed by atoms with Gasteiger partial charge in [-0.2, -0.15) is 0 Å². The summed E-state index contributed by atoms with van der Waals surface area (Å²) in [5.74, 6) is 1.04. The second kappa shape index (κ2) is 6.05. The first-order valence-electron chi connectivity index (χ1n) is 4.90. The lowest BCUT2D eigenvalue weighted by Crippen LogP contribution is -2.17. The Morgan fingerprint density at radius 2 is 2.19 bits per heavy atom. The second-order valence-electron chi connectivity index (χ2n) is 3.10. The predicted molar refractivity (Wildman–Crippen MR) is 61.5 cm³/mol. The van der Waals surface area contributed by atoms with Crippen molar-refractivity contribution in [3.8, 4) is 0 Å². The Morgan fingerprint density at radius 3 is 2.81 bits per heavy atom. The maximum absolute atomic E-state index is 11.2. The molecule has 0 aliphatic rings. The molecule has 0 atom stereocenters. The molecular formula is C8H14ClN3O3S. The smallest absolute Gasteiger partial charge is 0.315 e. The summed E-state index contributed by atoms with van der Waals surface area (Å²) in [5, 5.41) is 10.2. The minimum absolute atomic E-state index is 0.0523. The van der Waals surface area contributed by atoms with Crippen LogP contribution in [0.2, 0.25) is 0 Å². The van der Waals surface area contributed by atoms with E-state index in [0.29, 0.717) is 18.2 Å². The third-order valence-electron chi connectivity index (χ3n) is 1.90. The van der Waals surface area contributed by atoms with E-state index in [0.717, 1.165) is 0 Å². The molecule has 0 unspecified atom stereocenters. The lowest BCUT2D eigenvalue weighted by Gasteiger charge is -2.00. The molecule has 0 aromatic carbocycles. The molecule has 0 bridgehead atoms. The van der Waals surface area contributed by atoms with Crippen LogP contribution in [0, 0.1) is 0 Å². The van der Waals surface area contributed by atoms with E-state index in [2.05, 4.69) is 15.5 Å². The first kappa shape index (κ1) is 13.2. The van der Waals surface area contributed by atoms with Crippen LogP contribution in [0.1, 0.15) is 12.8 Å². The van der Waals surface area contributed by atoms with Gasteiger partial charge in [0.25, 0.3) is 0 Å². The minimum Gasteiger partial charge on any atom is -0.408 e. The summed E-state index contributed by atoms with van der Waals surface area (Å²) in [5.41, 5.74) is 0. The van der Waals surface area contributed by atoms with Crippen LogP contribution in [-0.2, 0) is 16.3 Å². The maximum atomic E-state index is 11.2. The number of sulfone groups is 1. The Balaban J connectivity index is 2.37. The average molecular weight is 268 g/mol. The number of nitrogens with zero attached hydrogens (tertiary/aromatic N) is 2. The van der Waals surface area contributed by atoms with Crippen LogP contribution >= 0.6 is 11.6 Å². The average Bonchev–Trinajstić information content (AvgIpc) is 2.66. The Labute approximate surface area is 99.3 Å². The normalized spacial score (nSPS) is 11.6. The molecule has 0 radical (unpaired) electrons. The van der Waals surface area contributed by atoms with E-state index in [1.165, 1.54) is 0 Å². The van der Waals surface area contributed by atoms with Crippen LogP contribution < -0.4 is 5.32 Å². The Morgan fingerprint density at radius 1 is 1.44 bits per heavy atom. The van der Waals surface area contributed by atoms with Gasteiger partial charge in [0, 0.05) is 24.6 Å². The number of aromatic nitrogens is 2. The van der Waals surface area contributed by atoms with Crippen LogP contribution in [0.25, 0.3) is 0 Å². The highest BCUT2D eigenvalue weighted by Gasteiger charge is 2.09. The van der Waals surface area contributed by atoms with E-state index in [1.807, 2.05) is 0 Å². The molecule has 1 rings (SSSR count). The van der Waals surface area contributed by atoms with Gasteiger partial charge in [-0.1, -0.05) is 12.0 Å². The number of hydrogen-bond acceptors (Lipinski definition) is 6. The van der Waals surface area contributed by atoms with Gasteiger partial charge >= 0.3 is 6.01 Å². The fourth-order valence-corrected chi connectivity index (χ4v) is 1.83. The molecule has 0 saturated carbocycles. The molecule has 0 amide bonds. The SMILES string of the molecule is CCS(=O)(=O)CCNc1nnc(CCCl)o1. The van der Waals surface area contributed by atoms with E-state index in [-0.39, 0.29) is 24.1 Å².